The van der Waals surface area contributed by atoms with Gasteiger partial charge in [0, 0.05) is 18.9 Å². The van der Waals surface area contributed by atoms with Crippen molar-refractivity contribution >= 4 is 22.8 Å². The topological polar surface area (TPSA) is 122 Å². The number of nitrogens with zero attached hydrogens (tertiary/aromatic N) is 2. The molecule has 0 aliphatic heterocycles. The zero-order valence-corrected chi connectivity index (χ0v) is 18.2. The highest BCUT2D eigenvalue weighted by Crippen LogP contribution is 2.30. The molecule has 0 radical (unpaired) electrons. The lowest BCUT2D eigenvalue weighted by molar-refractivity contribution is -0.142. The number of para-hydroxylation sites is 1. The van der Waals surface area contributed by atoms with Crippen LogP contribution in [0.5, 0.6) is 5.75 Å². The Kier molecular flexibility index (Phi) is 6.72. The van der Waals surface area contributed by atoms with Crippen molar-refractivity contribution in [2.45, 2.75) is 44.7 Å². The summed E-state index contributed by atoms with van der Waals surface area (Å²) in [5.74, 6) is -1.21. The van der Waals surface area contributed by atoms with Crippen LogP contribution in [0.2, 0.25) is 0 Å². The first-order chi connectivity index (χ1) is 15.9. The Labute approximate surface area is 190 Å². The molecule has 1 unspecified atom stereocenters. The molecule has 33 heavy (non-hydrogen) atoms. The smallest absolute Gasteiger partial charge is 0.326 e. The SMILES string of the molecule is O=C(NC(Cc1ccc(O)cc1)C(=O)O)C1CCC(Cn2cnc3ccccc3c2=O)CC1. The van der Waals surface area contributed by atoms with Crippen LogP contribution in [0, 0.1) is 11.8 Å². The number of hydrogen-bond donors (Lipinski definition) is 3. The van der Waals surface area contributed by atoms with E-state index in [1.165, 1.54) is 12.1 Å². The zero-order valence-electron chi connectivity index (χ0n) is 18.2. The van der Waals surface area contributed by atoms with Gasteiger partial charge in [0.05, 0.1) is 17.2 Å². The molecule has 172 valence electrons. The number of amides is 1. The summed E-state index contributed by atoms with van der Waals surface area (Å²) < 4.78 is 1.64. The Bertz CT molecular complexity index is 1200. The van der Waals surface area contributed by atoms with Gasteiger partial charge in [0.1, 0.15) is 11.8 Å². The molecule has 1 atom stereocenters. The molecule has 2 aromatic carbocycles. The third-order valence-corrected chi connectivity index (χ3v) is 6.39. The van der Waals surface area contributed by atoms with Crippen molar-refractivity contribution in [2.24, 2.45) is 11.8 Å². The number of phenols is 1. The van der Waals surface area contributed by atoms with Crippen LogP contribution in [0.1, 0.15) is 31.2 Å². The molecule has 3 aromatic rings. The van der Waals surface area contributed by atoms with Crippen LogP contribution < -0.4 is 10.9 Å². The summed E-state index contributed by atoms with van der Waals surface area (Å²) in [6.45, 7) is 0.559. The fourth-order valence-corrected chi connectivity index (χ4v) is 4.48. The first-order valence-corrected chi connectivity index (χ1v) is 11.2. The first kappa shape index (κ1) is 22.5. The normalized spacial score (nSPS) is 19.2. The van der Waals surface area contributed by atoms with E-state index in [0.717, 1.165) is 18.4 Å². The van der Waals surface area contributed by atoms with Crippen LogP contribution in [0.3, 0.4) is 0 Å². The second kappa shape index (κ2) is 9.85. The molecule has 8 nitrogen and oxygen atoms in total. The van der Waals surface area contributed by atoms with Gasteiger partial charge in [-0.25, -0.2) is 9.78 Å². The summed E-state index contributed by atoms with van der Waals surface area (Å²) in [6.07, 6.45) is 4.61. The number of carboxylic acids is 1. The van der Waals surface area contributed by atoms with Crippen LogP contribution in [0.25, 0.3) is 10.9 Å². The molecule has 0 saturated heterocycles. The molecule has 1 saturated carbocycles. The highest BCUT2D eigenvalue weighted by atomic mass is 16.4. The second-order valence-corrected chi connectivity index (χ2v) is 8.71. The lowest BCUT2D eigenvalue weighted by Crippen LogP contribution is -2.45. The maximum Gasteiger partial charge on any atom is 0.326 e. The number of aromatic hydroxyl groups is 1. The van der Waals surface area contributed by atoms with Crippen LogP contribution in [-0.4, -0.2) is 37.7 Å². The van der Waals surface area contributed by atoms with Crippen molar-refractivity contribution in [1.29, 1.82) is 0 Å². The Morgan fingerprint density at radius 1 is 1.06 bits per heavy atom. The minimum absolute atomic E-state index is 0.0565. The minimum Gasteiger partial charge on any atom is -0.508 e. The average molecular weight is 450 g/mol. The lowest BCUT2D eigenvalue weighted by Gasteiger charge is -2.29. The number of benzene rings is 2. The van der Waals surface area contributed by atoms with Gasteiger partial charge in [0.25, 0.3) is 5.56 Å². The molecule has 8 heteroatoms. The molecule has 3 N–H and O–H groups in total. The van der Waals surface area contributed by atoms with Crippen molar-refractivity contribution < 1.29 is 19.8 Å². The van der Waals surface area contributed by atoms with Crippen LogP contribution >= 0.6 is 0 Å². The van der Waals surface area contributed by atoms with E-state index in [9.17, 15) is 24.6 Å². The zero-order chi connectivity index (χ0) is 23.4. The maximum atomic E-state index is 12.7. The highest BCUT2D eigenvalue weighted by Gasteiger charge is 2.29. The predicted molar refractivity (Wildman–Crippen MR) is 123 cm³/mol. The number of rotatable bonds is 7. The number of phenolic OH excluding ortho intramolecular Hbond substituents is 1. The Morgan fingerprint density at radius 3 is 2.45 bits per heavy atom. The van der Waals surface area contributed by atoms with Gasteiger partial charge in [0.2, 0.25) is 5.91 Å². The van der Waals surface area contributed by atoms with Gasteiger partial charge in [-0.3, -0.25) is 14.2 Å². The van der Waals surface area contributed by atoms with E-state index in [1.807, 2.05) is 18.2 Å². The monoisotopic (exact) mass is 449 g/mol. The summed E-state index contributed by atoms with van der Waals surface area (Å²) in [6, 6.07) is 12.5. The average Bonchev–Trinajstić information content (AvgIpc) is 2.82. The number of nitrogens with one attached hydrogen (secondary N) is 1. The van der Waals surface area contributed by atoms with E-state index in [2.05, 4.69) is 10.3 Å². The van der Waals surface area contributed by atoms with Crippen molar-refractivity contribution in [2.75, 3.05) is 0 Å². The summed E-state index contributed by atoms with van der Waals surface area (Å²) in [7, 11) is 0. The second-order valence-electron chi connectivity index (χ2n) is 8.71. The Morgan fingerprint density at radius 2 is 1.76 bits per heavy atom. The standard InChI is InChI=1S/C25H27N3O5/c29-19-11-7-16(8-12-19)13-22(25(32)33)27-23(30)18-9-5-17(6-10-18)14-28-15-26-21-4-2-1-3-20(21)24(28)31/h1-4,7-8,11-12,15,17-18,22,29H,5-6,9-10,13-14H2,(H,27,30)(H,32,33). The van der Waals surface area contributed by atoms with Crippen LogP contribution in [0.4, 0.5) is 0 Å². The Balaban J connectivity index is 1.32. The summed E-state index contributed by atoms with van der Waals surface area (Å²) in [4.78, 5) is 41.5. The third kappa shape index (κ3) is 5.39. The van der Waals surface area contributed by atoms with Crippen LogP contribution in [0.15, 0.2) is 59.7 Å². The van der Waals surface area contributed by atoms with Gasteiger partial charge in [-0.1, -0.05) is 24.3 Å². The summed E-state index contributed by atoms with van der Waals surface area (Å²) in [5, 5.41) is 22.2. The van der Waals surface area contributed by atoms with E-state index in [4.69, 9.17) is 0 Å². The number of aromatic nitrogens is 2. The quantitative estimate of drug-likeness (QED) is 0.510. The molecule has 1 aliphatic rings. The number of carbonyl (C=O) groups is 2. The molecular weight excluding hydrogens is 422 g/mol. The van der Waals surface area contributed by atoms with E-state index in [1.54, 1.807) is 29.1 Å². The summed E-state index contributed by atoms with van der Waals surface area (Å²) >= 11 is 0. The number of hydrogen-bond acceptors (Lipinski definition) is 5. The predicted octanol–water partition coefficient (Wildman–Crippen LogP) is 2.72. The molecule has 0 spiro atoms. The lowest BCUT2D eigenvalue weighted by atomic mass is 9.81. The molecule has 4 rings (SSSR count). The van der Waals surface area contributed by atoms with Gasteiger partial charge in [-0.05, 0) is 61.4 Å². The van der Waals surface area contributed by atoms with E-state index < -0.39 is 12.0 Å². The van der Waals surface area contributed by atoms with Crippen molar-refractivity contribution in [3.63, 3.8) is 0 Å². The highest BCUT2D eigenvalue weighted by molar-refractivity contribution is 5.85. The largest absolute Gasteiger partial charge is 0.508 e. The Hall–Kier alpha value is -3.68. The van der Waals surface area contributed by atoms with E-state index >= 15 is 0 Å². The van der Waals surface area contributed by atoms with Gasteiger partial charge >= 0.3 is 5.97 Å². The molecule has 1 aromatic heterocycles. The van der Waals surface area contributed by atoms with E-state index in [-0.39, 0.29) is 35.5 Å². The number of carbonyl (C=O) groups excluding carboxylic acids is 1. The van der Waals surface area contributed by atoms with Crippen molar-refractivity contribution in [1.82, 2.24) is 14.9 Å². The van der Waals surface area contributed by atoms with E-state index in [0.29, 0.717) is 30.3 Å². The molecule has 1 heterocycles. The molecule has 1 fully saturated rings. The van der Waals surface area contributed by atoms with Crippen molar-refractivity contribution in [3.8, 4) is 5.75 Å². The number of fused-ring (bicyclic) bond motifs is 1. The van der Waals surface area contributed by atoms with Gasteiger partial charge in [0.15, 0.2) is 0 Å². The molecule has 1 aliphatic carbocycles. The maximum absolute atomic E-state index is 12.7. The summed E-state index contributed by atoms with van der Waals surface area (Å²) in [5.41, 5.74) is 1.34. The number of aliphatic carboxylic acids is 1. The van der Waals surface area contributed by atoms with Crippen molar-refractivity contribution in [3.05, 3.63) is 70.8 Å². The van der Waals surface area contributed by atoms with Gasteiger partial charge in [-0.2, -0.15) is 0 Å². The first-order valence-electron chi connectivity index (χ1n) is 11.2. The van der Waals surface area contributed by atoms with Gasteiger partial charge in [-0.15, -0.1) is 0 Å². The molecule has 0 bridgehead atoms. The minimum atomic E-state index is -1.09. The third-order valence-electron chi connectivity index (χ3n) is 6.39. The fraction of sp³-hybridized carbons (Fsp3) is 0.360. The molecule has 1 amide bonds. The fourth-order valence-electron chi connectivity index (χ4n) is 4.48. The number of carboxylic acid groups (broad SMARTS) is 1. The van der Waals surface area contributed by atoms with Gasteiger partial charge < -0.3 is 15.5 Å². The van der Waals surface area contributed by atoms with Crippen LogP contribution in [-0.2, 0) is 22.6 Å². The molecular formula is C25H27N3O5.